The van der Waals surface area contributed by atoms with Gasteiger partial charge in [-0.3, -0.25) is 9.69 Å². The SMILES string of the molecule is CN(Cc1ccc(C(=O)O)cc1)C(=O)C1CCN(Cc2ccccc2)CC1. The van der Waals surface area contributed by atoms with Gasteiger partial charge in [0.25, 0.3) is 0 Å². The summed E-state index contributed by atoms with van der Waals surface area (Å²) in [4.78, 5) is 27.8. The van der Waals surface area contributed by atoms with E-state index in [0.717, 1.165) is 38.0 Å². The molecule has 1 fully saturated rings. The minimum Gasteiger partial charge on any atom is -0.478 e. The second kappa shape index (κ2) is 8.82. The van der Waals surface area contributed by atoms with E-state index in [1.807, 2.05) is 13.1 Å². The fourth-order valence-corrected chi connectivity index (χ4v) is 3.60. The van der Waals surface area contributed by atoms with Crippen molar-refractivity contribution in [3.63, 3.8) is 0 Å². The number of piperidine rings is 1. The molecule has 1 amide bonds. The summed E-state index contributed by atoms with van der Waals surface area (Å²) in [6.07, 6.45) is 1.77. The molecule has 0 aliphatic carbocycles. The first-order chi connectivity index (χ1) is 13.0. The molecule has 27 heavy (non-hydrogen) atoms. The zero-order valence-corrected chi connectivity index (χ0v) is 15.7. The molecule has 0 radical (unpaired) electrons. The van der Waals surface area contributed by atoms with Crippen LogP contribution in [0.25, 0.3) is 0 Å². The molecular formula is C22H26N2O3. The van der Waals surface area contributed by atoms with Crippen LogP contribution < -0.4 is 0 Å². The van der Waals surface area contributed by atoms with E-state index in [2.05, 4.69) is 29.2 Å². The van der Waals surface area contributed by atoms with Gasteiger partial charge < -0.3 is 10.0 Å². The van der Waals surface area contributed by atoms with E-state index in [1.54, 1.807) is 29.2 Å². The maximum Gasteiger partial charge on any atom is 0.335 e. The lowest BCUT2D eigenvalue weighted by Gasteiger charge is -2.33. The molecule has 142 valence electrons. The largest absolute Gasteiger partial charge is 0.478 e. The molecule has 5 nitrogen and oxygen atoms in total. The third kappa shape index (κ3) is 5.17. The van der Waals surface area contributed by atoms with Crippen molar-refractivity contribution in [2.45, 2.75) is 25.9 Å². The minimum absolute atomic E-state index is 0.0697. The first kappa shape index (κ1) is 19.1. The summed E-state index contributed by atoms with van der Waals surface area (Å²) < 4.78 is 0. The van der Waals surface area contributed by atoms with Crippen molar-refractivity contribution in [1.82, 2.24) is 9.80 Å². The van der Waals surface area contributed by atoms with Crippen molar-refractivity contribution < 1.29 is 14.7 Å². The Morgan fingerprint density at radius 1 is 1.00 bits per heavy atom. The molecule has 0 bridgehead atoms. The summed E-state index contributed by atoms with van der Waals surface area (Å²) in [6.45, 7) is 3.31. The van der Waals surface area contributed by atoms with Crippen molar-refractivity contribution in [3.05, 3.63) is 71.3 Å². The van der Waals surface area contributed by atoms with Crippen LogP contribution in [0.1, 0.15) is 34.3 Å². The number of rotatable bonds is 6. The lowest BCUT2D eigenvalue weighted by molar-refractivity contribution is -0.136. The van der Waals surface area contributed by atoms with E-state index in [-0.39, 0.29) is 17.4 Å². The molecule has 0 spiro atoms. The number of carbonyl (C=O) groups excluding carboxylic acids is 1. The first-order valence-electron chi connectivity index (χ1n) is 9.36. The van der Waals surface area contributed by atoms with Crippen molar-refractivity contribution >= 4 is 11.9 Å². The van der Waals surface area contributed by atoms with Crippen LogP contribution in [0.15, 0.2) is 54.6 Å². The van der Waals surface area contributed by atoms with Gasteiger partial charge in [0.1, 0.15) is 0 Å². The Morgan fingerprint density at radius 3 is 2.22 bits per heavy atom. The van der Waals surface area contributed by atoms with Crippen LogP contribution >= 0.6 is 0 Å². The van der Waals surface area contributed by atoms with E-state index in [1.165, 1.54) is 5.56 Å². The summed E-state index contributed by atoms with van der Waals surface area (Å²) in [5.41, 5.74) is 2.51. The van der Waals surface area contributed by atoms with Crippen LogP contribution in [-0.2, 0) is 17.9 Å². The maximum atomic E-state index is 12.8. The second-order valence-corrected chi connectivity index (χ2v) is 7.23. The monoisotopic (exact) mass is 366 g/mol. The van der Waals surface area contributed by atoms with Crippen LogP contribution in [0.2, 0.25) is 0 Å². The Morgan fingerprint density at radius 2 is 1.63 bits per heavy atom. The molecule has 5 heteroatoms. The van der Waals surface area contributed by atoms with E-state index in [4.69, 9.17) is 5.11 Å². The van der Waals surface area contributed by atoms with Crippen molar-refractivity contribution in [2.24, 2.45) is 5.92 Å². The van der Waals surface area contributed by atoms with Crippen LogP contribution in [0.5, 0.6) is 0 Å². The number of amides is 1. The fraction of sp³-hybridized carbons (Fsp3) is 0.364. The van der Waals surface area contributed by atoms with Gasteiger partial charge in [-0.2, -0.15) is 0 Å². The Balaban J connectivity index is 1.48. The molecule has 0 aromatic heterocycles. The van der Waals surface area contributed by atoms with Gasteiger partial charge in [-0.05, 0) is 49.2 Å². The van der Waals surface area contributed by atoms with Crippen molar-refractivity contribution in [2.75, 3.05) is 20.1 Å². The maximum absolute atomic E-state index is 12.8. The molecule has 1 aliphatic rings. The lowest BCUT2D eigenvalue weighted by Crippen LogP contribution is -2.40. The van der Waals surface area contributed by atoms with Gasteiger partial charge >= 0.3 is 5.97 Å². The summed E-state index contributed by atoms with van der Waals surface area (Å²) >= 11 is 0. The Bertz CT molecular complexity index is 766. The molecular weight excluding hydrogens is 340 g/mol. The van der Waals surface area contributed by atoms with Gasteiger partial charge in [-0.15, -0.1) is 0 Å². The van der Waals surface area contributed by atoms with Crippen LogP contribution in [0.3, 0.4) is 0 Å². The number of likely N-dealkylation sites (tertiary alicyclic amines) is 1. The highest BCUT2D eigenvalue weighted by atomic mass is 16.4. The topological polar surface area (TPSA) is 60.9 Å². The van der Waals surface area contributed by atoms with Gasteiger partial charge in [0, 0.05) is 26.1 Å². The Kier molecular flexibility index (Phi) is 6.24. The van der Waals surface area contributed by atoms with Gasteiger partial charge in [0.2, 0.25) is 5.91 Å². The molecule has 2 aromatic carbocycles. The number of nitrogens with zero attached hydrogens (tertiary/aromatic N) is 2. The number of carboxylic acid groups (broad SMARTS) is 1. The van der Waals surface area contributed by atoms with Gasteiger partial charge in [0.05, 0.1) is 5.56 Å². The molecule has 0 saturated carbocycles. The fourth-order valence-electron chi connectivity index (χ4n) is 3.60. The summed E-state index contributed by atoms with van der Waals surface area (Å²) in [7, 11) is 1.82. The standard InChI is InChI=1S/C22H26N2O3/c1-23(15-18-7-9-20(10-8-18)22(26)27)21(25)19-11-13-24(14-12-19)16-17-5-3-2-4-6-17/h2-10,19H,11-16H2,1H3,(H,26,27). The molecule has 1 N–H and O–H groups in total. The summed E-state index contributed by atoms with van der Waals surface area (Å²) in [5.74, 6) is -0.690. The average molecular weight is 366 g/mol. The minimum atomic E-state index is -0.937. The van der Waals surface area contributed by atoms with Crippen LogP contribution in [0.4, 0.5) is 0 Å². The van der Waals surface area contributed by atoms with Crippen molar-refractivity contribution in [3.8, 4) is 0 Å². The summed E-state index contributed by atoms with van der Waals surface area (Å²) in [5, 5.41) is 8.96. The Hall–Kier alpha value is -2.66. The van der Waals surface area contributed by atoms with Crippen molar-refractivity contribution in [1.29, 1.82) is 0 Å². The number of hydrogen-bond donors (Lipinski definition) is 1. The molecule has 1 aliphatic heterocycles. The van der Waals surface area contributed by atoms with E-state index in [0.29, 0.717) is 6.54 Å². The highest BCUT2D eigenvalue weighted by molar-refractivity contribution is 5.87. The number of carbonyl (C=O) groups is 2. The zero-order valence-electron chi connectivity index (χ0n) is 15.7. The van der Waals surface area contributed by atoms with Gasteiger partial charge in [-0.25, -0.2) is 4.79 Å². The smallest absolute Gasteiger partial charge is 0.335 e. The van der Waals surface area contributed by atoms with Gasteiger partial charge in [0.15, 0.2) is 0 Å². The third-order valence-electron chi connectivity index (χ3n) is 5.18. The third-order valence-corrected chi connectivity index (χ3v) is 5.18. The normalized spacial score (nSPS) is 15.4. The van der Waals surface area contributed by atoms with Crippen LogP contribution in [0, 0.1) is 5.92 Å². The first-order valence-corrected chi connectivity index (χ1v) is 9.36. The lowest BCUT2D eigenvalue weighted by atomic mass is 9.95. The molecule has 0 atom stereocenters. The van der Waals surface area contributed by atoms with E-state index < -0.39 is 5.97 Å². The highest BCUT2D eigenvalue weighted by Crippen LogP contribution is 2.21. The predicted molar refractivity (Wildman–Crippen MR) is 104 cm³/mol. The van der Waals surface area contributed by atoms with E-state index >= 15 is 0 Å². The number of carboxylic acids is 1. The predicted octanol–water partition coefficient (Wildman–Crippen LogP) is 3.26. The number of hydrogen-bond acceptors (Lipinski definition) is 3. The Labute approximate surface area is 160 Å². The molecule has 2 aromatic rings. The summed E-state index contributed by atoms with van der Waals surface area (Å²) in [6, 6.07) is 17.1. The quantitative estimate of drug-likeness (QED) is 0.852. The number of aromatic carboxylic acids is 1. The molecule has 3 rings (SSSR count). The van der Waals surface area contributed by atoms with Gasteiger partial charge in [-0.1, -0.05) is 42.5 Å². The van der Waals surface area contributed by atoms with E-state index in [9.17, 15) is 9.59 Å². The zero-order chi connectivity index (χ0) is 19.2. The molecule has 1 heterocycles. The average Bonchev–Trinajstić information content (AvgIpc) is 2.69. The van der Waals surface area contributed by atoms with Crippen LogP contribution in [-0.4, -0.2) is 46.9 Å². The second-order valence-electron chi connectivity index (χ2n) is 7.23. The number of benzene rings is 2. The molecule has 0 unspecified atom stereocenters. The molecule has 1 saturated heterocycles. The highest BCUT2D eigenvalue weighted by Gasteiger charge is 2.27.